The number of nitrogens with zero attached hydrogens (tertiary/aromatic N) is 2. The number of carbonyl (C=O) groups is 1. The van der Waals surface area contributed by atoms with E-state index in [1.165, 1.54) is 0 Å². The molecule has 2 aromatic carbocycles. The topological polar surface area (TPSA) is 103 Å². The van der Waals surface area contributed by atoms with Gasteiger partial charge in [-0.25, -0.2) is 0 Å². The molecule has 1 atom stereocenters. The fraction of sp³-hybridized carbons (Fsp3) is 0.190. The molecule has 2 N–H and O–H groups in total. The van der Waals surface area contributed by atoms with E-state index in [1.54, 1.807) is 30.3 Å². The summed E-state index contributed by atoms with van der Waals surface area (Å²) in [6.45, 7) is 2.31. The molecule has 1 unspecified atom stereocenters. The van der Waals surface area contributed by atoms with Gasteiger partial charge in [-0.3, -0.25) is 9.59 Å². The monoisotopic (exact) mass is 393 g/mol. The number of ether oxygens (including phenoxy) is 2. The number of rotatable bonds is 4. The van der Waals surface area contributed by atoms with E-state index < -0.39 is 23.3 Å². The highest BCUT2D eigenvalue weighted by Gasteiger charge is 2.23. The zero-order chi connectivity index (χ0) is 20.4. The number of nitrogens with one attached hydrogen (secondary N) is 1. The molecule has 1 aliphatic rings. The Morgan fingerprint density at radius 1 is 1.21 bits per heavy atom. The van der Waals surface area contributed by atoms with Gasteiger partial charge in [-0.1, -0.05) is 24.3 Å². The van der Waals surface area contributed by atoms with Crippen molar-refractivity contribution in [2.75, 3.05) is 13.2 Å². The van der Waals surface area contributed by atoms with Gasteiger partial charge in [0.25, 0.3) is 11.5 Å². The van der Waals surface area contributed by atoms with E-state index in [0.717, 1.165) is 16.3 Å². The van der Waals surface area contributed by atoms with Crippen LogP contribution < -0.4 is 20.3 Å². The average Bonchev–Trinajstić information content (AvgIpc) is 2.72. The maximum atomic E-state index is 12.6. The van der Waals surface area contributed by atoms with Gasteiger partial charge >= 0.3 is 0 Å². The number of amides is 1. The predicted octanol–water partition coefficient (Wildman–Crippen LogP) is 1.82. The minimum atomic E-state index is -0.619. The molecule has 1 amide bonds. The molecule has 2 heterocycles. The SMILES string of the molecule is Cc1cccc(-n2nc(C(=O)NCC3COc4ccccc4O3)c(O)cc2=O)c1. The number of fused-ring (bicyclic) bond motifs is 1. The third-order valence-corrected chi connectivity index (χ3v) is 4.43. The molecule has 0 saturated heterocycles. The number of hydrogen-bond acceptors (Lipinski definition) is 6. The highest BCUT2D eigenvalue weighted by molar-refractivity contribution is 5.94. The van der Waals surface area contributed by atoms with Crippen LogP contribution in [0.15, 0.2) is 59.4 Å². The number of hydrogen-bond donors (Lipinski definition) is 2. The van der Waals surface area contributed by atoms with Gasteiger partial charge in [0, 0.05) is 6.07 Å². The van der Waals surface area contributed by atoms with Gasteiger partial charge in [-0.2, -0.15) is 9.78 Å². The van der Waals surface area contributed by atoms with Crippen molar-refractivity contribution in [1.82, 2.24) is 15.1 Å². The normalized spacial score (nSPS) is 15.0. The summed E-state index contributed by atoms with van der Waals surface area (Å²) in [6, 6.07) is 15.4. The molecule has 0 fully saturated rings. The van der Waals surface area contributed by atoms with Crippen LogP contribution in [-0.4, -0.2) is 40.0 Å². The highest BCUT2D eigenvalue weighted by Crippen LogP contribution is 2.30. The number of benzene rings is 2. The van der Waals surface area contributed by atoms with Crippen molar-refractivity contribution in [2.24, 2.45) is 0 Å². The van der Waals surface area contributed by atoms with Gasteiger partial charge in [-0.15, -0.1) is 0 Å². The summed E-state index contributed by atoms with van der Waals surface area (Å²) < 4.78 is 12.5. The van der Waals surface area contributed by atoms with Crippen LogP contribution in [0.3, 0.4) is 0 Å². The molecule has 148 valence electrons. The maximum Gasteiger partial charge on any atom is 0.275 e. The van der Waals surface area contributed by atoms with Crippen LogP contribution >= 0.6 is 0 Å². The summed E-state index contributed by atoms with van der Waals surface area (Å²) in [5.41, 5.74) is 0.656. The van der Waals surface area contributed by atoms with Crippen molar-refractivity contribution in [2.45, 2.75) is 13.0 Å². The predicted molar refractivity (Wildman–Crippen MR) is 105 cm³/mol. The Kier molecular flexibility index (Phi) is 4.90. The first kappa shape index (κ1) is 18.5. The van der Waals surface area contributed by atoms with E-state index >= 15 is 0 Å². The van der Waals surface area contributed by atoms with Crippen LogP contribution in [0.4, 0.5) is 0 Å². The lowest BCUT2D eigenvalue weighted by Crippen LogP contribution is -2.41. The summed E-state index contributed by atoms with van der Waals surface area (Å²) in [5, 5.41) is 16.8. The van der Waals surface area contributed by atoms with Crippen molar-refractivity contribution < 1.29 is 19.4 Å². The fourth-order valence-corrected chi connectivity index (χ4v) is 3.01. The van der Waals surface area contributed by atoms with E-state index in [9.17, 15) is 14.7 Å². The van der Waals surface area contributed by atoms with Crippen molar-refractivity contribution in [1.29, 1.82) is 0 Å². The summed E-state index contributed by atoms with van der Waals surface area (Å²) in [6.07, 6.45) is -0.390. The maximum absolute atomic E-state index is 12.6. The first-order valence-corrected chi connectivity index (χ1v) is 9.08. The average molecular weight is 393 g/mol. The van der Waals surface area contributed by atoms with E-state index in [4.69, 9.17) is 9.47 Å². The van der Waals surface area contributed by atoms with E-state index in [0.29, 0.717) is 17.2 Å². The van der Waals surface area contributed by atoms with Gasteiger partial charge in [0.1, 0.15) is 12.7 Å². The van der Waals surface area contributed by atoms with Crippen LogP contribution in [0.2, 0.25) is 0 Å². The third-order valence-electron chi connectivity index (χ3n) is 4.43. The molecule has 0 spiro atoms. The molecule has 8 nitrogen and oxygen atoms in total. The molecule has 1 aromatic heterocycles. The van der Waals surface area contributed by atoms with Crippen LogP contribution in [0.5, 0.6) is 17.2 Å². The number of para-hydroxylation sites is 2. The fourth-order valence-electron chi connectivity index (χ4n) is 3.01. The first-order chi connectivity index (χ1) is 14.0. The Morgan fingerprint density at radius 3 is 2.79 bits per heavy atom. The van der Waals surface area contributed by atoms with Gasteiger partial charge in [0.2, 0.25) is 0 Å². The molecule has 29 heavy (non-hydrogen) atoms. The largest absolute Gasteiger partial charge is 0.505 e. The zero-order valence-corrected chi connectivity index (χ0v) is 15.7. The Morgan fingerprint density at radius 2 is 2.00 bits per heavy atom. The minimum Gasteiger partial charge on any atom is -0.505 e. The minimum absolute atomic E-state index is 0.151. The van der Waals surface area contributed by atoms with E-state index in [1.807, 2.05) is 25.1 Å². The Bertz CT molecular complexity index is 1130. The van der Waals surface area contributed by atoms with Crippen molar-refractivity contribution in [3.63, 3.8) is 0 Å². The lowest BCUT2D eigenvalue weighted by molar-refractivity contribution is 0.0783. The van der Waals surface area contributed by atoms with Crippen molar-refractivity contribution >= 4 is 5.91 Å². The van der Waals surface area contributed by atoms with Crippen LogP contribution in [0.1, 0.15) is 16.1 Å². The molecule has 0 saturated carbocycles. The summed E-state index contributed by atoms with van der Waals surface area (Å²) in [5.74, 6) is 0.153. The Balaban J connectivity index is 1.50. The smallest absolute Gasteiger partial charge is 0.275 e. The van der Waals surface area contributed by atoms with E-state index in [-0.39, 0.29) is 18.8 Å². The molecule has 1 aliphatic heterocycles. The lowest BCUT2D eigenvalue weighted by Gasteiger charge is -2.26. The van der Waals surface area contributed by atoms with Crippen molar-refractivity contribution in [3.8, 4) is 22.9 Å². The first-order valence-electron chi connectivity index (χ1n) is 9.08. The summed E-state index contributed by atoms with van der Waals surface area (Å²) in [4.78, 5) is 24.8. The molecule has 8 heteroatoms. The quantitative estimate of drug-likeness (QED) is 0.701. The van der Waals surface area contributed by atoms with Gasteiger partial charge in [0.15, 0.2) is 22.9 Å². The second-order valence-electron chi connectivity index (χ2n) is 6.67. The van der Waals surface area contributed by atoms with Crippen LogP contribution in [-0.2, 0) is 0 Å². The second-order valence-corrected chi connectivity index (χ2v) is 6.67. The van der Waals surface area contributed by atoms with Crippen LogP contribution in [0, 0.1) is 6.92 Å². The summed E-state index contributed by atoms with van der Waals surface area (Å²) in [7, 11) is 0. The number of carbonyl (C=O) groups excluding carboxylic acids is 1. The van der Waals surface area contributed by atoms with Crippen molar-refractivity contribution in [3.05, 3.63) is 76.2 Å². The number of aromatic hydroxyl groups is 1. The van der Waals surface area contributed by atoms with Crippen LogP contribution in [0.25, 0.3) is 5.69 Å². The number of aromatic nitrogens is 2. The molecule has 4 rings (SSSR count). The third kappa shape index (κ3) is 3.91. The second kappa shape index (κ2) is 7.67. The van der Waals surface area contributed by atoms with Gasteiger partial charge in [0.05, 0.1) is 12.2 Å². The zero-order valence-electron chi connectivity index (χ0n) is 15.7. The standard InChI is InChI=1S/C21H19N3O5/c1-13-5-4-6-14(9-13)24-19(26)10-16(25)20(23-24)21(27)22-11-15-12-28-17-7-2-3-8-18(17)29-15/h2-10,15,25H,11-12H2,1H3,(H,22,27). The molecule has 3 aromatic rings. The molecular formula is C21H19N3O5. The van der Waals surface area contributed by atoms with Gasteiger partial charge < -0.3 is 19.9 Å². The van der Waals surface area contributed by atoms with E-state index in [2.05, 4.69) is 10.4 Å². The number of aryl methyl sites for hydroxylation is 1. The Hall–Kier alpha value is -3.81. The summed E-state index contributed by atoms with van der Waals surface area (Å²) >= 11 is 0. The molecule has 0 aliphatic carbocycles. The highest BCUT2D eigenvalue weighted by atomic mass is 16.6. The molecule has 0 bridgehead atoms. The Labute approximate surface area is 166 Å². The molecular weight excluding hydrogens is 374 g/mol. The lowest BCUT2D eigenvalue weighted by atomic mass is 10.2. The molecule has 0 radical (unpaired) electrons. The van der Waals surface area contributed by atoms with Gasteiger partial charge in [-0.05, 0) is 36.8 Å².